The van der Waals surface area contributed by atoms with Crippen LogP contribution in [0.1, 0.15) is 41.0 Å². The third kappa shape index (κ3) is 3.12. The Morgan fingerprint density at radius 1 is 1.47 bits per heavy atom. The number of nitrogens with zero attached hydrogens (tertiary/aromatic N) is 2. The van der Waals surface area contributed by atoms with Gasteiger partial charge in [0, 0.05) is 24.9 Å². The predicted octanol–water partition coefficient (Wildman–Crippen LogP) is 2.79. The van der Waals surface area contributed by atoms with E-state index in [0.717, 1.165) is 0 Å². The van der Waals surface area contributed by atoms with Crippen LogP contribution in [0.25, 0.3) is 0 Å². The summed E-state index contributed by atoms with van der Waals surface area (Å²) in [5.41, 5.74) is -0.492. The van der Waals surface area contributed by atoms with E-state index in [2.05, 4.69) is 19.9 Å². The predicted molar refractivity (Wildman–Crippen MR) is 65.3 cm³/mol. The summed E-state index contributed by atoms with van der Waals surface area (Å²) in [4.78, 5) is 13.5. The first-order valence-corrected chi connectivity index (χ1v) is 6.05. The summed E-state index contributed by atoms with van der Waals surface area (Å²) in [5.74, 6) is 0.404. The minimum Gasteiger partial charge on any atom is -0.444 e. The number of carbonyl (C=O) groups is 1. The lowest BCUT2D eigenvalue weighted by Gasteiger charge is -2.51. The number of ether oxygens (including phenoxy) is 1. The molecule has 0 aromatic carbocycles. The molecule has 1 aliphatic rings. The maximum atomic E-state index is 11.8. The normalized spacial score (nSPS) is 18.5. The van der Waals surface area contributed by atoms with E-state index in [0.29, 0.717) is 25.4 Å². The lowest BCUT2D eigenvalue weighted by molar-refractivity contribution is -0.0515. The molecule has 1 amide bonds. The van der Waals surface area contributed by atoms with E-state index in [9.17, 15) is 4.79 Å². The molecule has 0 unspecified atom stereocenters. The molecule has 0 spiro atoms. The van der Waals surface area contributed by atoms with Crippen molar-refractivity contribution in [2.75, 3.05) is 13.1 Å². The quantitative estimate of drug-likeness (QED) is 0.743. The van der Waals surface area contributed by atoms with E-state index in [-0.39, 0.29) is 11.5 Å². The Bertz CT molecular complexity index is 330. The van der Waals surface area contributed by atoms with Gasteiger partial charge in [0.15, 0.2) is 0 Å². The smallest absolute Gasteiger partial charge is 0.410 e. The van der Waals surface area contributed by atoms with Crippen molar-refractivity contribution in [1.29, 1.82) is 5.26 Å². The second-order valence-electron chi connectivity index (χ2n) is 6.19. The van der Waals surface area contributed by atoms with Gasteiger partial charge in [0.1, 0.15) is 5.60 Å². The molecule has 1 rings (SSSR count). The number of amides is 1. The van der Waals surface area contributed by atoms with Gasteiger partial charge in [-0.3, -0.25) is 0 Å². The Balaban J connectivity index is 2.55. The van der Waals surface area contributed by atoms with Crippen molar-refractivity contribution in [2.24, 2.45) is 11.3 Å². The number of carbonyl (C=O) groups excluding carboxylic acids is 1. The molecule has 0 saturated carbocycles. The molecule has 1 heterocycles. The van der Waals surface area contributed by atoms with Crippen LogP contribution in [0.15, 0.2) is 0 Å². The first-order chi connectivity index (χ1) is 7.70. The molecule has 0 aromatic rings. The fourth-order valence-corrected chi connectivity index (χ4v) is 2.01. The standard InChI is InChI=1S/C13H22N2O2/c1-10(2)13(6-7-14)8-15(9-13)11(16)17-12(3,4)5/h10H,6,8-9H2,1-5H3. The molecule has 4 nitrogen and oxygen atoms in total. The first kappa shape index (κ1) is 13.8. The molecule has 17 heavy (non-hydrogen) atoms. The SMILES string of the molecule is CC(C)C1(CC#N)CN(C(=O)OC(C)(C)C)C1. The molecular formula is C13H22N2O2. The lowest BCUT2D eigenvalue weighted by Crippen LogP contribution is -2.61. The van der Waals surface area contributed by atoms with Crippen molar-refractivity contribution in [3.05, 3.63) is 0 Å². The Kier molecular flexibility index (Phi) is 3.71. The molecule has 96 valence electrons. The molecular weight excluding hydrogens is 216 g/mol. The maximum absolute atomic E-state index is 11.8. The van der Waals surface area contributed by atoms with Crippen LogP contribution in [0.4, 0.5) is 4.79 Å². The zero-order valence-corrected chi connectivity index (χ0v) is 11.4. The van der Waals surface area contributed by atoms with Crippen molar-refractivity contribution in [2.45, 2.75) is 46.6 Å². The number of nitriles is 1. The van der Waals surface area contributed by atoms with Crippen molar-refractivity contribution < 1.29 is 9.53 Å². The van der Waals surface area contributed by atoms with Gasteiger partial charge in [-0.15, -0.1) is 0 Å². The van der Waals surface area contributed by atoms with Crippen molar-refractivity contribution >= 4 is 6.09 Å². The van der Waals surface area contributed by atoms with Crippen LogP contribution in [-0.2, 0) is 4.74 Å². The number of rotatable bonds is 2. The lowest BCUT2D eigenvalue weighted by atomic mass is 9.69. The maximum Gasteiger partial charge on any atom is 0.410 e. The third-order valence-electron chi connectivity index (χ3n) is 3.32. The van der Waals surface area contributed by atoms with Gasteiger partial charge in [0.25, 0.3) is 0 Å². The molecule has 0 N–H and O–H groups in total. The molecule has 0 atom stereocenters. The van der Waals surface area contributed by atoms with Crippen LogP contribution in [0.2, 0.25) is 0 Å². The minimum atomic E-state index is -0.456. The molecule has 1 fully saturated rings. The minimum absolute atomic E-state index is 0.0361. The van der Waals surface area contributed by atoms with Gasteiger partial charge in [-0.2, -0.15) is 5.26 Å². The highest BCUT2D eigenvalue weighted by Crippen LogP contribution is 2.41. The van der Waals surface area contributed by atoms with E-state index in [1.807, 2.05) is 20.8 Å². The van der Waals surface area contributed by atoms with Crippen LogP contribution in [0.3, 0.4) is 0 Å². The van der Waals surface area contributed by atoms with Crippen molar-refractivity contribution in [1.82, 2.24) is 4.90 Å². The highest BCUT2D eigenvalue weighted by Gasteiger charge is 2.48. The van der Waals surface area contributed by atoms with Crippen molar-refractivity contribution in [3.8, 4) is 6.07 Å². The molecule has 1 aliphatic heterocycles. The zero-order valence-electron chi connectivity index (χ0n) is 11.4. The monoisotopic (exact) mass is 238 g/mol. The molecule has 0 radical (unpaired) electrons. The van der Waals surface area contributed by atoms with E-state index in [1.54, 1.807) is 4.90 Å². The summed E-state index contributed by atoms with van der Waals surface area (Å²) < 4.78 is 5.30. The molecule has 0 bridgehead atoms. The molecule has 0 aliphatic carbocycles. The average Bonchev–Trinajstić information content (AvgIpc) is 2.06. The Hall–Kier alpha value is -1.24. The summed E-state index contributed by atoms with van der Waals surface area (Å²) in [6.07, 6.45) is 0.232. The molecule has 4 heteroatoms. The topological polar surface area (TPSA) is 53.3 Å². The summed E-state index contributed by atoms with van der Waals surface area (Å²) in [5, 5.41) is 8.84. The number of hydrogen-bond donors (Lipinski definition) is 0. The van der Waals surface area contributed by atoms with Crippen LogP contribution in [0.5, 0.6) is 0 Å². The van der Waals surface area contributed by atoms with Gasteiger partial charge in [-0.25, -0.2) is 4.79 Å². The highest BCUT2D eigenvalue weighted by molar-refractivity contribution is 5.69. The number of likely N-dealkylation sites (tertiary alicyclic amines) is 1. The van der Waals surface area contributed by atoms with Gasteiger partial charge < -0.3 is 9.64 Å². The summed E-state index contributed by atoms with van der Waals surface area (Å²) in [7, 11) is 0. The van der Waals surface area contributed by atoms with Crippen LogP contribution in [-0.4, -0.2) is 29.7 Å². The summed E-state index contributed by atoms with van der Waals surface area (Å²) in [6.45, 7) is 11.0. The van der Waals surface area contributed by atoms with E-state index < -0.39 is 5.60 Å². The van der Waals surface area contributed by atoms with Gasteiger partial charge in [-0.05, 0) is 26.7 Å². The molecule has 1 saturated heterocycles. The molecule has 0 aromatic heterocycles. The first-order valence-electron chi connectivity index (χ1n) is 6.05. The van der Waals surface area contributed by atoms with E-state index >= 15 is 0 Å². The third-order valence-corrected chi connectivity index (χ3v) is 3.32. The van der Waals surface area contributed by atoms with Gasteiger partial charge in [0.2, 0.25) is 0 Å². The Morgan fingerprint density at radius 3 is 2.35 bits per heavy atom. The fraction of sp³-hybridized carbons (Fsp3) is 0.846. The van der Waals surface area contributed by atoms with Crippen LogP contribution in [0, 0.1) is 22.7 Å². The van der Waals surface area contributed by atoms with E-state index in [1.165, 1.54) is 0 Å². The average molecular weight is 238 g/mol. The largest absolute Gasteiger partial charge is 0.444 e. The second-order valence-corrected chi connectivity index (χ2v) is 6.19. The van der Waals surface area contributed by atoms with Crippen LogP contribution >= 0.6 is 0 Å². The fourth-order valence-electron chi connectivity index (χ4n) is 2.01. The Morgan fingerprint density at radius 2 is 2.00 bits per heavy atom. The highest BCUT2D eigenvalue weighted by atomic mass is 16.6. The van der Waals surface area contributed by atoms with E-state index in [4.69, 9.17) is 10.00 Å². The van der Waals surface area contributed by atoms with Gasteiger partial charge >= 0.3 is 6.09 Å². The van der Waals surface area contributed by atoms with Gasteiger partial charge in [-0.1, -0.05) is 13.8 Å². The van der Waals surface area contributed by atoms with Gasteiger partial charge in [0.05, 0.1) is 6.07 Å². The summed E-state index contributed by atoms with van der Waals surface area (Å²) >= 11 is 0. The van der Waals surface area contributed by atoms with Crippen molar-refractivity contribution in [3.63, 3.8) is 0 Å². The second kappa shape index (κ2) is 4.56. The number of hydrogen-bond acceptors (Lipinski definition) is 3. The zero-order chi connectivity index (χ0) is 13.3. The van der Waals surface area contributed by atoms with Crippen LogP contribution < -0.4 is 0 Å². The summed E-state index contributed by atoms with van der Waals surface area (Å²) in [6, 6.07) is 2.22. The Labute approximate surface area is 104 Å².